The molecule has 1 fully saturated rings. The van der Waals surface area contributed by atoms with Crippen molar-refractivity contribution in [2.75, 3.05) is 12.4 Å². The van der Waals surface area contributed by atoms with Crippen molar-refractivity contribution >= 4 is 29.2 Å². The van der Waals surface area contributed by atoms with E-state index in [0.29, 0.717) is 28.5 Å². The lowest BCUT2D eigenvalue weighted by atomic mass is 9.62. The molecular formula is C38H34N2O4. The molecule has 3 heterocycles. The molecule has 1 N–H and O–H groups in total. The molecule has 0 bridgehead atoms. The molecule has 220 valence electrons. The van der Waals surface area contributed by atoms with Crippen molar-refractivity contribution in [2.45, 2.75) is 37.8 Å². The van der Waals surface area contributed by atoms with Crippen molar-refractivity contribution in [2.24, 2.45) is 11.8 Å². The summed E-state index contributed by atoms with van der Waals surface area (Å²) in [5.74, 6) is -0.600. The van der Waals surface area contributed by atoms with E-state index >= 15 is 0 Å². The maximum atomic E-state index is 15.0. The fraction of sp³-hybridized carbons (Fsp3) is 0.237. The van der Waals surface area contributed by atoms with Crippen molar-refractivity contribution in [3.8, 4) is 5.75 Å². The molecule has 6 heteroatoms. The van der Waals surface area contributed by atoms with Crippen LogP contribution in [0.2, 0.25) is 0 Å². The summed E-state index contributed by atoms with van der Waals surface area (Å²) in [5.41, 5.74) is 4.03. The van der Waals surface area contributed by atoms with Gasteiger partial charge in [-0.1, -0.05) is 80.6 Å². The second-order valence-corrected chi connectivity index (χ2v) is 12.3. The highest BCUT2D eigenvalue weighted by Gasteiger charge is 2.70. The zero-order chi connectivity index (χ0) is 30.6. The molecule has 7 rings (SSSR count). The summed E-state index contributed by atoms with van der Waals surface area (Å²) in [6, 6.07) is 28.6. The molecule has 3 aliphatic heterocycles. The molecule has 6 nitrogen and oxygen atoms in total. The van der Waals surface area contributed by atoms with Gasteiger partial charge in [0.15, 0.2) is 11.6 Å². The van der Waals surface area contributed by atoms with E-state index in [9.17, 15) is 14.4 Å². The van der Waals surface area contributed by atoms with E-state index in [1.807, 2.05) is 90.0 Å². The van der Waals surface area contributed by atoms with Gasteiger partial charge in [0, 0.05) is 23.0 Å². The number of anilines is 1. The second-order valence-electron chi connectivity index (χ2n) is 12.3. The Bertz CT molecular complexity index is 1810. The van der Waals surface area contributed by atoms with Crippen LogP contribution < -0.4 is 10.1 Å². The first kappa shape index (κ1) is 27.8. The quantitative estimate of drug-likeness (QED) is 0.241. The van der Waals surface area contributed by atoms with Crippen molar-refractivity contribution in [1.29, 1.82) is 0 Å². The first-order chi connectivity index (χ1) is 21.3. The fourth-order valence-corrected chi connectivity index (χ4v) is 7.55. The number of hydrogen-bond acceptors (Lipinski definition) is 5. The number of ether oxygens (including phenoxy) is 1. The molecule has 1 saturated heterocycles. The average Bonchev–Trinajstić information content (AvgIpc) is 3.52. The Morgan fingerprint density at radius 3 is 2.25 bits per heavy atom. The van der Waals surface area contributed by atoms with Crippen LogP contribution in [-0.2, 0) is 16.6 Å². The third-order valence-electron chi connectivity index (χ3n) is 9.38. The number of nitrogens with zero attached hydrogens (tertiary/aromatic N) is 1. The molecule has 1 amide bonds. The van der Waals surface area contributed by atoms with Crippen LogP contribution in [0.1, 0.15) is 62.9 Å². The SMILES string of the molecule is COc1ccc(C(=O)[C@@H]2[C@H](C(=O)c3ccc(CC(C)C)cc3)[C@]3(C(=O)Nc4ccccc43)[C@@H]3c4ccccc4C=CN23)cc1. The molecule has 0 unspecified atom stereocenters. The maximum Gasteiger partial charge on any atom is 0.238 e. The Kier molecular flexibility index (Phi) is 6.73. The van der Waals surface area contributed by atoms with Gasteiger partial charge in [0.1, 0.15) is 17.2 Å². The normalized spacial score (nSPS) is 22.9. The minimum atomic E-state index is -1.35. The van der Waals surface area contributed by atoms with Crippen LogP contribution in [0.5, 0.6) is 5.75 Å². The third-order valence-corrected chi connectivity index (χ3v) is 9.38. The van der Waals surface area contributed by atoms with Crippen LogP contribution in [0.25, 0.3) is 6.08 Å². The van der Waals surface area contributed by atoms with Gasteiger partial charge in [0.2, 0.25) is 5.91 Å². The van der Waals surface area contributed by atoms with Crippen LogP contribution in [-0.4, -0.2) is 35.5 Å². The highest BCUT2D eigenvalue weighted by molar-refractivity contribution is 6.16. The minimum Gasteiger partial charge on any atom is -0.497 e. The summed E-state index contributed by atoms with van der Waals surface area (Å²) in [4.78, 5) is 46.2. The van der Waals surface area contributed by atoms with E-state index < -0.39 is 23.4 Å². The van der Waals surface area contributed by atoms with Crippen LogP contribution in [0.15, 0.2) is 103 Å². The number of ketones is 2. The molecule has 0 radical (unpaired) electrons. The van der Waals surface area contributed by atoms with Gasteiger partial charge in [-0.25, -0.2) is 0 Å². The van der Waals surface area contributed by atoms with Gasteiger partial charge in [-0.05, 0) is 71.0 Å². The number of rotatable bonds is 7. The number of carbonyl (C=O) groups is 3. The topological polar surface area (TPSA) is 75.7 Å². The minimum absolute atomic E-state index is 0.217. The molecule has 1 spiro atoms. The monoisotopic (exact) mass is 582 g/mol. The number of para-hydroxylation sites is 1. The zero-order valence-electron chi connectivity index (χ0n) is 25.0. The molecule has 0 aliphatic carbocycles. The zero-order valence-corrected chi connectivity index (χ0v) is 25.0. The van der Waals surface area contributed by atoms with Gasteiger partial charge < -0.3 is 15.0 Å². The first-order valence-corrected chi connectivity index (χ1v) is 15.1. The van der Waals surface area contributed by atoms with Crippen molar-refractivity contribution in [3.63, 3.8) is 0 Å². The van der Waals surface area contributed by atoms with Crippen molar-refractivity contribution in [1.82, 2.24) is 4.90 Å². The highest BCUT2D eigenvalue weighted by Crippen LogP contribution is 2.62. The Morgan fingerprint density at radius 2 is 1.52 bits per heavy atom. The number of carbonyl (C=O) groups excluding carboxylic acids is 3. The van der Waals surface area contributed by atoms with Gasteiger partial charge in [0.25, 0.3) is 0 Å². The maximum absolute atomic E-state index is 15.0. The molecule has 0 aromatic heterocycles. The van der Waals surface area contributed by atoms with E-state index in [1.54, 1.807) is 31.4 Å². The Balaban J connectivity index is 1.47. The van der Waals surface area contributed by atoms with Gasteiger partial charge in [0.05, 0.1) is 19.1 Å². The van der Waals surface area contributed by atoms with Gasteiger partial charge in [-0.15, -0.1) is 0 Å². The Labute approximate surface area is 257 Å². The van der Waals surface area contributed by atoms with Crippen LogP contribution in [0.3, 0.4) is 0 Å². The first-order valence-electron chi connectivity index (χ1n) is 15.1. The average molecular weight is 583 g/mol. The molecule has 3 aliphatic rings. The lowest BCUT2D eigenvalue weighted by Gasteiger charge is -2.38. The van der Waals surface area contributed by atoms with Gasteiger partial charge in [-0.2, -0.15) is 0 Å². The summed E-state index contributed by atoms with van der Waals surface area (Å²) >= 11 is 0. The molecule has 4 aromatic rings. The third kappa shape index (κ3) is 4.12. The smallest absolute Gasteiger partial charge is 0.238 e. The summed E-state index contributed by atoms with van der Waals surface area (Å²) in [5, 5.41) is 3.11. The lowest BCUT2D eigenvalue weighted by molar-refractivity contribution is -0.122. The largest absolute Gasteiger partial charge is 0.497 e. The van der Waals surface area contributed by atoms with Crippen LogP contribution >= 0.6 is 0 Å². The fourth-order valence-electron chi connectivity index (χ4n) is 7.55. The second kappa shape index (κ2) is 10.6. The van der Waals surface area contributed by atoms with E-state index in [2.05, 4.69) is 19.2 Å². The van der Waals surface area contributed by atoms with Crippen molar-refractivity contribution < 1.29 is 19.1 Å². The molecule has 4 aromatic carbocycles. The standard InChI is InChI=1S/C38H34N2O4/c1-23(2)22-24-12-14-26(15-13-24)34(41)32-33(35(42)27-16-18-28(44-3)19-17-27)40-21-20-25-8-4-5-9-29(25)36(40)38(32)30-10-6-7-11-31(30)39-37(38)43/h4-21,23,32-33,36H,22H2,1-3H3,(H,39,43)/t32-,33+,36+,38+/m1/s1. The number of fused-ring (bicyclic) bond motifs is 6. The van der Waals surface area contributed by atoms with E-state index in [-0.39, 0.29) is 17.5 Å². The van der Waals surface area contributed by atoms with Crippen LogP contribution in [0, 0.1) is 11.8 Å². The summed E-state index contributed by atoms with van der Waals surface area (Å²) in [6.07, 6.45) is 4.77. The van der Waals surface area contributed by atoms with E-state index in [0.717, 1.165) is 28.7 Å². The number of nitrogens with one attached hydrogen (secondary N) is 1. The van der Waals surface area contributed by atoms with Gasteiger partial charge >= 0.3 is 0 Å². The molecular weight excluding hydrogens is 548 g/mol. The highest BCUT2D eigenvalue weighted by atomic mass is 16.5. The summed E-state index contributed by atoms with van der Waals surface area (Å²) < 4.78 is 5.34. The lowest BCUT2D eigenvalue weighted by Crippen LogP contribution is -2.49. The van der Waals surface area contributed by atoms with Gasteiger partial charge in [-0.3, -0.25) is 14.4 Å². The summed E-state index contributed by atoms with van der Waals surface area (Å²) in [7, 11) is 1.58. The predicted octanol–water partition coefficient (Wildman–Crippen LogP) is 6.88. The molecule has 0 saturated carbocycles. The molecule has 4 atom stereocenters. The van der Waals surface area contributed by atoms with E-state index in [1.165, 1.54) is 0 Å². The Hall–Kier alpha value is -4.97. The summed E-state index contributed by atoms with van der Waals surface area (Å²) in [6.45, 7) is 4.32. The number of methoxy groups -OCH3 is 1. The number of hydrogen-bond donors (Lipinski definition) is 1. The number of Topliss-reactive ketones (excluding diaryl/α,β-unsaturated/α-hetero) is 2. The number of benzene rings is 4. The van der Waals surface area contributed by atoms with Crippen molar-refractivity contribution in [3.05, 3.63) is 137 Å². The molecule has 44 heavy (non-hydrogen) atoms. The van der Waals surface area contributed by atoms with Crippen LogP contribution in [0.4, 0.5) is 5.69 Å². The predicted molar refractivity (Wildman–Crippen MR) is 171 cm³/mol. The van der Waals surface area contributed by atoms with E-state index in [4.69, 9.17) is 4.74 Å². The Morgan fingerprint density at radius 1 is 0.864 bits per heavy atom. The number of amides is 1.